The van der Waals surface area contributed by atoms with E-state index in [4.69, 9.17) is 9.47 Å². The average molecular weight is 278 g/mol. The van der Waals surface area contributed by atoms with Crippen LogP contribution in [0.1, 0.15) is 20.3 Å². The van der Waals surface area contributed by atoms with Gasteiger partial charge in [-0.1, -0.05) is 13.0 Å². The predicted molar refractivity (Wildman–Crippen MR) is 73.7 cm³/mol. The lowest BCUT2D eigenvalue weighted by Gasteiger charge is -2.19. The van der Waals surface area contributed by atoms with Crippen molar-refractivity contribution in [3.05, 3.63) is 24.3 Å². The smallest absolute Gasteiger partial charge is 0.329 e. The number of rotatable bonds is 6. The summed E-state index contributed by atoms with van der Waals surface area (Å²) in [4.78, 5) is 24.6. The standard InChI is InChI=1S/C14H18N2O4/c1-3-7-19-9-20-12-6-4-5-11(8-12)16-10(2)13(17)15-14(16)18/h4-6,8,10H,3,7,9H2,1-2H3,(H,15,17,18). The number of anilines is 1. The van der Waals surface area contributed by atoms with Gasteiger partial charge in [0.1, 0.15) is 11.8 Å². The lowest BCUT2D eigenvalue weighted by atomic mass is 10.2. The monoisotopic (exact) mass is 278 g/mol. The Kier molecular flexibility index (Phi) is 4.57. The van der Waals surface area contributed by atoms with E-state index in [1.54, 1.807) is 31.2 Å². The van der Waals surface area contributed by atoms with Crippen molar-refractivity contribution in [2.24, 2.45) is 0 Å². The van der Waals surface area contributed by atoms with Gasteiger partial charge in [0.05, 0.1) is 12.3 Å². The maximum Gasteiger partial charge on any atom is 0.329 e. The maximum absolute atomic E-state index is 11.7. The molecule has 1 fully saturated rings. The van der Waals surface area contributed by atoms with Crippen molar-refractivity contribution in [1.29, 1.82) is 0 Å². The van der Waals surface area contributed by atoms with Crippen LogP contribution < -0.4 is 15.0 Å². The van der Waals surface area contributed by atoms with E-state index in [1.807, 2.05) is 6.92 Å². The minimum atomic E-state index is -0.519. The Bertz CT molecular complexity index is 504. The van der Waals surface area contributed by atoms with Crippen LogP contribution in [0.25, 0.3) is 0 Å². The summed E-state index contributed by atoms with van der Waals surface area (Å²) in [6.45, 7) is 4.50. The molecule has 6 nitrogen and oxygen atoms in total. The van der Waals surface area contributed by atoms with Crippen LogP contribution in [0, 0.1) is 0 Å². The zero-order valence-electron chi connectivity index (χ0n) is 11.6. The molecule has 0 aromatic heterocycles. The van der Waals surface area contributed by atoms with E-state index < -0.39 is 12.1 Å². The van der Waals surface area contributed by atoms with Crippen molar-refractivity contribution in [3.63, 3.8) is 0 Å². The number of nitrogens with one attached hydrogen (secondary N) is 1. The highest BCUT2D eigenvalue weighted by atomic mass is 16.7. The number of hydrogen-bond acceptors (Lipinski definition) is 4. The van der Waals surface area contributed by atoms with E-state index in [0.29, 0.717) is 18.0 Å². The second-order valence-electron chi connectivity index (χ2n) is 4.51. The van der Waals surface area contributed by atoms with Gasteiger partial charge in [-0.15, -0.1) is 0 Å². The van der Waals surface area contributed by atoms with Crippen molar-refractivity contribution < 1.29 is 19.1 Å². The Morgan fingerprint density at radius 2 is 2.15 bits per heavy atom. The normalized spacial score (nSPS) is 18.3. The molecule has 1 aromatic carbocycles. The Balaban J connectivity index is 2.06. The summed E-state index contributed by atoms with van der Waals surface area (Å²) in [6.07, 6.45) is 0.928. The first kappa shape index (κ1) is 14.3. The van der Waals surface area contributed by atoms with E-state index in [1.165, 1.54) is 4.90 Å². The fraction of sp³-hybridized carbons (Fsp3) is 0.429. The number of carbonyl (C=O) groups excluding carboxylic acids is 2. The predicted octanol–water partition coefficient (Wildman–Crippen LogP) is 1.89. The minimum absolute atomic E-state index is 0.165. The van der Waals surface area contributed by atoms with Crippen molar-refractivity contribution in [1.82, 2.24) is 5.32 Å². The molecule has 0 radical (unpaired) electrons. The molecule has 0 bridgehead atoms. The van der Waals surface area contributed by atoms with Crippen LogP contribution in [0.5, 0.6) is 5.75 Å². The molecular weight excluding hydrogens is 260 g/mol. The van der Waals surface area contributed by atoms with Gasteiger partial charge in [-0.3, -0.25) is 15.0 Å². The van der Waals surface area contributed by atoms with Crippen LogP contribution in [-0.2, 0) is 9.53 Å². The summed E-state index contributed by atoms with van der Waals surface area (Å²) in [5, 5.41) is 2.28. The summed E-state index contributed by atoms with van der Waals surface area (Å²) in [5.74, 6) is 0.297. The minimum Gasteiger partial charge on any atom is -0.467 e. The quantitative estimate of drug-likeness (QED) is 0.490. The highest BCUT2D eigenvalue weighted by molar-refractivity contribution is 6.14. The van der Waals surface area contributed by atoms with Gasteiger partial charge >= 0.3 is 6.03 Å². The molecule has 0 saturated carbocycles. The molecule has 1 aliphatic heterocycles. The van der Waals surface area contributed by atoms with Crippen LogP contribution in [0.4, 0.5) is 10.5 Å². The third-order valence-electron chi connectivity index (χ3n) is 2.97. The van der Waals surface area contributed by atoms with E-state index in [0.717, 1.165) is 6.42 Å². The SMILES string of the molecule is CCCOCOc1cccc(N2C(=O)NC(=O)C2C)c1. The molecule has 0 aliphatic carbocycles. The van der Waals surface area contributed by atoms with Gasteiger partial charge in [0.25, 0.3) is 5.91 Å². The van der Waals surface area contributed by atoms with Crippen LogP contribution in [-0.4, -0.2) is 31.4 Å². The molecule has 1 aliphatic rings. The van der Waals surface area contributed by atoms with Crippen molar-refractivity contribution >= 4 is 17.6 Å². The molecule has 0 spiro atoms. The maximum atomic E-state index is 11.7. The number of hydrogen-bond donors (Lipinski definition) is 1. The fourth-order valence-corrected chi connectivity index (χ4v) is 1.94. The first-order valence-corrected chi connectivity index (χ1v) is 6.58. The number of imide groups is 1. The molecule has 1 aromatic rings. The first-order chi connectivity index (χ1) is 9.63. The molecule has 1 N–H and O–H groups in total. The molecule has 20 heavy (non-hydrogen) atoms. The highest BCUT2D eigenvalue weighted by Gasteiger charge is 2.35. The van der Waals surface area contributed by atoms with Gasteiger partial charge in [-0.25, -0.2) is 4.79 Å². The van der Waals surface area contributed by atoms with Gasteiger partial charge < -0.3 is 9.47 Å². The van der Waals surface area contributed by atoms with Crippen LogP contribution in [0.15, 0.2) is 24.3 Å². The lowest BCUT2D eigenvalue weighted by Crippen LogP contribution is -2.32. The Morgan fingerprint density at radius 3 is 2.80 bits per heavy atom. The lowest BCUT2D eigenvalue weighted by molar-refractivity contribution is -0.119. The van der Waals surface area contributed by atoms with Crippen molar-refractivity contribution in [3.8, 4) is 5.75 Å². The van der Waals surface area contributed by atoms with Crippen LogP contribution in [0.2, 0.25) is 0 Å². The Labute approximate surface area is 117 Å². The molecule has 1 atom stereocenters. The van der Waals surface area contributed by atoms with Crippen LogP contribution >= 0.6 is 0 Å². The number of ether oxygens (including phenoxy) is 2. The molecule has 1 saturated heterocycles. The number of nitrogens with zero attached hydrogens (tertiary/aromatic N) is 1. The van der Waals surface area contributed by atoms with E-state index in [2.05, 4.69) is 5.32 Å². The second-order valence-corrected chi connectivity index (χ2v) is 4.51. The first-order valence-electron chi connectivity index (χ1n) is 6.58. The number of urea groups is 1. The van der Waals surface area contributed by atoms with E-state index in [9.17, 15) is 9.59 Å². The zero-order valence-corrected chi connectivity index (χ0v) is 11.6. The van der Waals surface area contributed by atoms with Gasteiger partial charge in [0, 0.05) is 6.07 Å². The topological polar surface area (TPSA) is 67.9 Å². The summed E-state index contributed by atoms with van der Waals surface area (Å²) in [6, 6.07) is 6.08. The largest absolute Gasteiger partial charge is 0.467 e. The molecular formula is C14H18N2O4. The fourth-order valence-electron chi connectivity index (χ4n) is 1.94. The summed E-state index contributed by atoms with van der Waals surface area (Å²) in [7, 11) is 0. The Hall–Kier alpha value is -2.08. The zero-order chi connectivity index (χ0) is 14.5. The third kappa shape index (κ3) is 3.08. The van der Waals surface area contributed by atoms with Crippen molar-refractivity contribution in [2.45, 2.75) is 26.3 Å². The Morgan fingerprint density at radius 1 is 1.35 bits per heavy atom. The summed E-state index contributed by atoms with van der Waals surface area (Å²) < 4.78 is 10.7. The number of carbonyl (C=O) groups is 2. The summed E-state index contributed by atoms with van der Waals surface area (Å²) in [5.41, 5.74) is 0.619. The molecule has 6 heteroatoms. The van der Waals surface area contributed by atoms with Crippen molar-refractivity contribution in [2.75, 3.05) is 18.3 Å². The highest BCUT2D eigenvalue weighted by Crippen LogP contribution is 2.25. The third-order valence-corrected chi connectivity index (χ3v) is 2.97. The van der Waals surface area contributed by atoms with E-state index in [-0.39, 0.29) is 12.7 Å². The summed E-state index contributed by atoms with van der Waals surface area (Å²) >= 11 is 0. The second kappa shape index (κ2) is 6.38. The van der Waals surface area contributed by atoms with Crippen LogP contribution in [0.3, 0.4) is 0 Å². The molecule has 1 heterocycles. The molecule has 1 unspecified atom stereocenters. The molecule has 3 amide bonds. The molecule has 2 rings (SSSR count). The van der Waals surface area contributed by atoms with Gasteiger partial charge in [-0.2, -0.15) is 0 Å². The van der Waals surface area contributed by atoms with Gasteiger partial charge in [0.2, 0.25) is 0 Å². The van der Waals surface area contributed by atoms with Gasteiger partial charge in [-0.05, 0) is 25.5 Å². The number of benzene rings is 1. The molecule has 108 valence electrons. The van der Waals surface area contributed by atoms with Gasteiger partial charge in [0.15, 0.2) is 6.79 Å². The average Bonchev–Trinajstić information content (AvgIpc) is 2.69. The number of amides is 3. The van der Waals surface area contributed by atoms with E-state index >= 15 is 0 Å².